The Bertz CT molecular complexity index is 498. The van der Waals surface area contributed by atoms with Crippen LogP contribution >= 0.6 is 12.2 Å². The van der Waals surface area contributed by atoms with Crippen molar-refractivity contribution in [3.05, 3.63) is 29.3 Å². The standard InChI is InChI=1S/C14H19F2N3S/c1-18-4-3-9(7-18)8-19(2)13-11(15)5-10(14(17)20)6-12(13)16/h5-6,9H,3-4,7-8H2,1-2H3,(H2,17,20). The fourth-order valence-corrected chi connectivity index (χ4v) is 2.84. The molecule has 0 radical (unpaired) electrons. The van der Waals surface area contributed by atoms with Crippen LogP contribution in [-0.4, -0.2) is 43.6 Å². The third-order valence-electron chi connectivity index (χ3n) is 3.70. The summed E-state index contributed by atoms with van der Waals surface area (Å²) in [5.41, 5.74) is 5.61. The van der Waals surface area contributed by atoms with Crippen LogP contribution in [-0.2, 0) is 0 Å². The van der Waals surface area contributed by atoms with E-state index in [4.69, 9.17) is 18.0 Å². The van der Waals surface area contributed by atoms with Gasteiger partial charge in [-0.15, -0.1) is 0 Å². The van der Waals surface area contributed by atoms with Gasteiger partial charge in [-0.25, -0.2) is 8.78 Å². The van der Waals surface area contributed by atoms with Crippen molar-refractivity contribution in [3.8, 4) is 0 Å². The minimum Gasteiger partial charge on any atom is -0.389 e. The van der Waals surface area contributed by atoms with Crippen LogP contribution in [0.5, 0.6) is 0 Å². The molecule has 0 bridgehead atoms. The number of likely N-dealkylation sites (tertiary alicyclic amines) is 1. The van der Waals surface area contributed by atoms with Crippen LogP contribution in [0, 0.1) is 17.6 Å². The molecule has 20 heavy (non-hydrogen) atoms. The Morgan fingerprint density at radius 1 is 1.45 bits per heavy atom. The van der Waals surface area contributed by atoms with Crippen LogP contribution in [0.15, 0.2) is 12.1 Å². The van der Waals surface area contributed by atoms with Crippen molar-refractivity contribution in [2.24, 2.45) is 11.7 Å². The van der Waals surface area contributed by atoms with E-state index in [1.54, 1.807) is 11.9 Å². The number of nitrogens with two attached hydrogens (primary N) is 1. The van der Waals surface area contributed by atoms with Crippen LogP contribution in [0.2, 0.25) is 0 Å². The summed E-state index contributed by atoms with van der Waals surface area (Å²) in [5, 5.41) is 0. The first-order valence-corrected chi connectivity index (χ1v) is 6.98. The Kier molecular flexibility index (Phi) is 4.55. The number of anilines is 1. The normalized spacial score (nSPS) is 19.3. The van der Waals surface area contributed by atoms with Crippen molar-refractivity contribution >= 4 is 22.9 Å². The van der Waals surface area contributed by atoms with Crippen LogP contribution in [0.1, 0.15) is 12.0 Å². The topological polar surface area (TPSA) is 32.5 Å². The van der Waals surface area contributed by atoms with Gasteiger partial charge < -0.3 is 15.5 Å². The lowest BCUT2D eigenvalue weighted by atomic mass is 10.1. The van der Waals surface area contributed by atoms with Crippen molar-refractivity contribution < 1.29 is 8.78 Å². The predicted molar refractivity (Wildman–Crippen MR) is 81.1 cm³/mol. The number of hydrogen-bond acceptors (Lipinski definition) is 3. The highest BCUT2D eigenvalue weighted by molar-refractivity contribution is 7.80. The van der Waals surface area contributed by atoms with Gasteiger partial charge in [-0.2, -0.15) is 0 Å². The molecule has 6 heteroatoms. The van der Waals surface area contributed by atoms with Crippen molar-refractivity contribution in [1.29, 1.82) is 0 Å². The molecule has 110 valence electrons. The summed E-state index contributed by atoms with van der Waals surface area (Å²) in [6.45, 7) is 2.62. The van der Waals surface area contributed by atoms with E-state index >= 15 is 0 Å². The van der Waals surface area contributed by atoms with Gasteiger partial charge in [0.25, 0.3) is 0 Å². The SMILES string of the molecule is CN1CCC(CN(C)c2c(F)cc(C(N)=S)cc2F)C1. The lowest BCUT2D eigenvalue weighted by Crippen LogP contribution is -2.28. The number of hydrogen-bond donors (Lipinski definition) is 1. The summed E-state index contributed by atoms with van der Waals surface area (Å²) < 4.78 is 28.1. The molecule has 1 atom stereocenters. The van der Waals surface area contributed by atoms with E-state index in [1.807, 2.05) is 0 Å². The van der Waals surface area contributed by atoms with Crippen molar-refractivity contribution in [2.45, 2.75) is 6.42 Å². The lowest BCUT2D eigenvalue weighted by molar-refractivity contribution is 0.395. The zero-order chi connectivity index (χ0) is 14.9. The summed E-state index contributed by atoms with van der Waals surface area (Å²) in [7, 11) is 3.76. The highest BCUT2D eigenvalue weighted by atomic mass is 32.1. The zero-order valence-corrected chi connectivity index (χ0v) is 12.5. The van der Waals surface area contributed by atoms with Gasteiger partial charge in [0, 0.05) is 25.7 Å². The maximum absolute atomic E-state index is 14.1. The first kappa shape index (κ1) is 15.1. The van der Waals surface area contributed by atoms with Gasteiger partial charge in [-0.3, -0.25) is 0 Å². The Labute approximate surface area is 123 Å². The molecular formula is C14H19F2N3S. The van der Waals surface area contributed by atoms with Gasteiger partial charge in [0.2, 0.25) is 0 Å². The van der Waals surface area contributed by atoms with Crippen LogP contribution in [0.4, 0.5) is 14.5 Å². The molecule has 1 aromatic rings. The third kappa shape index (κ3) is 3.24. The molecule has 1 aliphatic rings. The summed E-state index contributed by atoms with van der Waals surface area (Å²) in [6, 6.07) is 2.38. The minimum atomic E-state index is -0.623. The Morgan fingerprint density at radius 3 is 2.50 bits per heavy atom. The second-order valence-electron chi connectivity index (χ2n) is 5.45. The third-order valence-corrected chi connectivity index (χ3v) is 3.94. The zero-order valence-electron chi connectivity index (χ0n) is 11.7. The van der Waals surface area contributed by atoms with Gasteiger partial charge >= 0.3 is 0 Å². The Hall–Kier alpha value is -1.27. The molecule has 1 aliphatic heterocycles. The molecule has 0 aromatic heterocycles. The number of nitrogens with zero attached hydrogens (tertiary/aromatic N) is 2. The second-order valence-corrected chi connectivity index (χ2v) is 5.89. The monoisotopic (exact) mass is 299 g/mol. The average molecular weight is 299 g/mol. The molecule has 2 rings (SSSR count). The lowest BCUT2D eigenvalue weighted by Gasteiger charge is -2.24. The number of rotatable bonds is 4. The van der Waals surface area contributed by atoms with Crippen molar-refractivity contribution in [2.75, 3.05) is 38.6 Å². The highest BCUT2D eigenvalue weighted by Gasteiger charge is 2.23. The van der Waals surface area contributed by atoms with E-state index in [2.05, 4.69) is 11.9 Å². The average Bonchev–Trinajstić information content (AvgIpc) is 2.73. The first-order valence-electron chi connectivity index (χ1n) is 6.57. The smallest absolute Gasteiger partial charge is 0.150 e. The van der Waals surface area contributed by atoms with Crippen LogP contribution < -0.4 is 10.6 Å². The van der Waals surface area contributed by atoms with Gasteiger partial charge in [-0.1, -0.05) is 12.2 Å². The van der Waals surface area contributed by atoms with E-state index in [1.165, 1.54) is 12.1 Å². The quantitative estimate of drug-likeness (QED) is 0.862. The highest BCUT2D eigenvalue weighted by Crippen LogP contribution is 2.26. The van der Waals surface area contributed by atoms with E-state index < -0.39 is 11.6 Å². The van der Waals surface area contributed by atoms with E-state index in [-0.39, 0.29) is 16.2 Å². The largest absolute Gasteiger partial charge is 0.389 e. The molecule has 3 nitrogen and oxygen atoms in total. The van der Waals surface area contributed by atoms with Gasteiger partial charge in [0.1, 0.15) is 22.3 Å². The fraction of sp³-hybridized carbons (Fsp3) is 0.500. The molecule has 0 spiro atoms. The molecule has 0 saturated carbocycles. The molecule has 1 aromatic carbocycles. The van der Waals surface area contributed by atoms with Crippen molar-refractivity contribution in [1.82, 2.24) is 4.90 Å². The number of halogens is 2. The molecule has 1 heterocycles. The number of thiocarbonyl (C=S) groups is 1. The molecular weight excluding hydrogens is 280 g/mol. The number of benzene rings is 1. The van der Waals surface area contributed by atoms with E-state index in [0.717, 1.165) is 19.5 Å². The summed E-state index contributed by atoms with van der Waals surface area (Å²) in [5.74, 6) is -0.817. The van der Waals surface area contributed by atoms with Gasteiger partial charge in [0.15, 0.2) is 0 Å². The maximum atomic E-state index is 14.1. The van der Waals surface area contributed by atoms with E-state index in [0.29, 0.717) is 12.5 Å². The maximum Gasteiger partial charge on any atom is 0.150 e. The van der Waals surface area contributed by atoms with Crippen LogP contribution in [0.25, 0.3) is 0 Å². The van der Waals surface area contributed by atoms with Gasteiger partial charge in [0.05, 0.1) is 0 Å². The molecule has 1 saturated heterocycles. The molecule has 1 unspecified atom stereocenters. The summed E-state index contributed by atoms with van der Waals surface area (Å²) in [6.07, 6.45) is 1.05. The van der Waals surface area contributed by atoms with E-state index in [9.17, 15) is 8.78 Å². The van der Waals surface area contributed by atoms with Gasteiger partial charge in [-0.05, 0) is 38.1 Å². The minimum absolute atomic E-state index is 0.00517. The summed E-state index contributed by atoms with van der Waals surface area (Å²) in [4.78, 5) is 3.85. The Morgan fingerprint density at radius 2 is 2.05 bits per heavy atom. The van der Waals surface area contributed by atoms with Crippen LogP contribution in [0.3, 0.4) is 0 Å². The summed E-state index contributed by atoms with van der Waals surface area (Å²) >= 11 is 4.74. The van der Waals surface area contributed by atoms with Crippen molar-refractivity contribution in [3.63, 3.8) is 0 Å². The Balaban J connectivity index is 2.17. The first-order chi connectivity index (χ1) is 9.38. The fourth-order valence-electron chi connectivity index (χ4n) is 2.73. The second kappa shape index (κ2) is 6.01. The molecule has 2 N–H and O–H groups in total. The molecule has 0 aliphatic carbocycles. The molecule has 0 amide bonds. The predicted octanol–water partition coefficient (Wildman–Crippen LogP) is 1.99. The molecule has 1 fully saturated rings.